The van der Waals surface area contributed by atoms with Crippen LogP contribution in [0.2, 0.25) is 4.34 Å². The highest BCUT2D eigenvalue weighted by atomic mass is 35.5. The second-order valence-electron chi connectivity index (χ2n) is 11.6. The number of aliphatic carboxylic acids is 1. The van der Waals surface area contributed by atoms with Crippen molar-refractivity contribution in [3.8, 4) is 0 Å². The first kappa shape index (κ1) is 32.3. The van der Waals surface area contributed by atoms with E-state index in [1.807, 2.05) is 6.92 Å². The van der Waals surface area contributed by atoms with Gasteiger partial charge in [0, 0.05) is 30.4 Å². The quantitative estimate of drug-likeness (QED) is 0.213. The molecule has 8 nitrogen and oxygen atoms in total. The molecule has 0 aliphatic carbocycles. The SMILES string of the molecule is CCn1nnc2c(F)c(C(c3cc(CN4C[C@@H](C)Cc5ccc(C(F)(F)F)cc5S4(=O)=O)c(Cl)s3)C(C)(C)C(=O)O)ccc21. The summed E-state index contributed by atoms with van der Waals surface area (Å²) >= 11 is 7.61. The van der Waals surface area contributed by atoms with Gasteiger partial charge in [-0.3, -0.25) is 4.79 Å². The fourth-order valence-corrected chi connectivity index (χ4v) is 9.06. The van der Waals surface area contributed by atoms with Crippen molar-refractivity contribution in [3.63, 3.8) is 0 Å². The summed E-state index contributed by atoms with van der Waals surface area (Å²) in [4.78, 5) is 12.4. The van der Waals surface area contributed by atoms with Gasteiger partial charge in [0.2, 0.25) is 10.0 Å². The maximum Gasteiger partial charge on any atom is 0.416 e. The van der Waals surface area contributed by atoms with E-state index in [1.54, 1.807) is 19.1 Å². The van der Waals surface area contributed by atoms with Crippen molar-refractivity contribution in [3.05, 3.63) is 73.7 Å². The molecule has 0 bridgehead atoms. The van der Waals surface area contributed by atoms with E-state index in [-0.39, 0.29) is 40.8 Å². The number of nitrogens with zero attached hydrogens (tertiary/aromatic N) is 4. The molecule has 2 aromatic carbocycles. The molecule has 0 radical (unpaired) electrons. The van der Waals surface area contributed by atoms with Gasteiger partial charge in [0.1, 0.15) is 5.52 Å². The molecular formula is C29H29ClF4N4O4S2. The Hall–Kier alpha value is -3.07. The molecule has 3 heterocycles. The largest absolute Gasteiger partial charge is 0.481 e. The summed E-state index contributed by atoms with van der Waals surface area (Å²) in [5, 5.41) is 18.1. The lowest BCUT2D eigenvalue weighted by Crippen LogP contribution is -2.33. The Morgan fingerprint density at radius 3 is 2.55 bits per heavy atom. The fourth-order valence-electron chi connectivity index (χ4n) is 5.68. The average Bonchev–Trinajstić information content (AvgIpc) is 3.49. The van der Waals surface area contributed by atoms with Crippen LogP contribution in [0, 0.1) is 17.2 Å². The minimum absolute atomic E-state index is 0.0139. The minimum atomic E-state index is -4.73. The third-order valence-electron chi connectivity index (χ3n) is 8.04. The van der Waals surface area contributed by atoms with E-state index in [1.165, 1.54) is 30.7 Å². The summed E-state index contributed by atoms with van der Waals surface area (Å²) in [5.74, 6) is -3.21. The first-order chi connectivity index (χ1) is 20.5. The normalized spacial score (nSPS) is 18.2. The van der Waals surface area contributed by atoms with Crippen molar-refractivity contribution in [2.45, 2.75) is 64.2 Å². The second kappa shape index (κ2) is 11.4. The van der Waals surface area contributed by atoms with Gasteiger partial charge >= 0.3 is 12.1 Å². The molecule has 1 unspecified atom stereocenters. The zero-order chi connectivity index (χ0) is 32.4. The van der Waals surface area contributed by atoms with Crippen LogP contribution < -0.4 is 0 Å². The molecule has 1 aliphatic rings. The van der Waals surface area contributed by atoms with Gasteiger partial charge in [-0.15, -0.1) is 16.4 Å². The first-order valence-electron chi connectivity index (χ1n) is 13.7. The van der Waals surface area contributed by atoms with Crippen LogP contribution in [0.15, 0.2) is 41.3 Å². The molecule has 15 heteroatoms. The third-order valence-corrected chi connectivity index (χ3v) is 11.4. The Morgan fingerprint density at radius 1 is 1.20 bits per heavy atom. The average molecular weight is 673 g/mol. The van der Waals surface area contributed by atoms with Gasteiger partial charge < -0.3 is 5.11 Å². The molecule has 0 amide bonds. The third kappa shape index (κ3) is 5.61. The summed E-state index contributed by atoms with van der Waals surface area (Å²) < 4.78 is 86.7. The van der Waals surface area contributed by atoms with Crippen LogP contribution in [-0.2, 0) is 40.5 Å². The number of aromatic nitrogens is 3. The Balaban J connectivity index is 1.58. The van der Waals surface area contributed by atoms with Gasteiger partial charge in [-0.25, -0.2) is 17.5 Å². The van der Waals surface area contributed by atoms with Gasteiger partial charge in [0.25, 0.3) is 0 Å². The summed E-state index contributed by atoms with van der Waals surface area (Å²) in [6.07, 6.45) is -4.47. The maximum atomic E-state index is 16.0. The molecule has 5 rings (SSSR count). The molecule has 2 atom stereocenters. The van der Waals surface area contributed by atoms with E-state index in [9.17, 15) is 31.5 Å². The van der Waals surface area contributed by atoms with Crippen molar-refractivity contribution in [1.82, 2.24) is 19.3 Å². The number of hydrogen-bond donors (Lipinski definition) is 1. The standard InChI is InChI=1S/C29H29ClF4N4O4S2/c1-5-38-20-9-8-19(24(31)25(20)35-36-38)23(28(3,4)27(39)40)21-11-17(26(30)43-21)14-37-13-15(2)10-16-6-7-18(29(32,33)34)12-22(16)44(37,41)42/h6-9,11-12,15,23H,5,10,13-14H2,1-4H3,(H,39,40)/t15-,23?/m0/s1. The van der Waals surface area contributed by atoms with Gasteiger partial charge in [0.15, 0.2) is 5.82 Å². The van der Waals surface area contributed by atoms with E-state index in [4.69, 9.17) is 11.6 Å². The van der Waals surface area contributed by atoms with Crippen molar-refractivity contribution in [1.29, 1.82) is 0 Å². The molecule has 0 saturated carbocycles. The van der Waals surface area contributed by atoms with Crippen LogP contribution in [0.3, 0.4) is 0 Å². The zero-order valence-electron chi connectivity index (χ0n) is 24.1. The number of sulfonamides is 1. The van der Waals surface area contributed by atoms with Gasteiger partial charge in [-0.2, -0.15) is 17.5 Å². The summed E-state index contributed by atoms with van der Waals surface area (Å²) in [6.45, 7) is 6.72. The van der Waals surface area contributed by atoms with E-state index in [0.717, 1.165) is 21.7 Å². The molecule has 0 spiro atoms. The van der Waals surface area contributed by atoms with Crippen molar-refractivity contribution < 1.29 is 35.9 Å². The molecule has 44 heavy (non-hydrogen) atoms. The molecule has 1 N–H and O–H groups in total. The summed E-state index contributed by atoms with van der Waals surface area (Å²) in [7, 11) is -4.38. The fraction of sp³-hybridized carbons (Fsp3) is 0.414. The number of carboxylic acid groups (broad SMARTS) is 1. The second-order valence-corrected chi connectivity index (χ2v) is 15.2. The number of hydrogen-bond acceptors (Lipinski definition) is 6. The molecule has 2 aromatic heterocycles. The van der Waals surface area contributed by atoms with Gasteiger partial charge in [-0.1, -0.05) is 35.9 Å². The topological polar surface area (TPSA) is 105 Å². The Kier molecular flexibility index (Phi) is 8.36. The van der Waals surface area contributed by atoms with Gasteiger partial charge in [-0.05, 0) is 74.1 Å². The summed E-state index contributed by atoms with van der Waals surface area (Å²) in [5.41, 5.74) is -1.51. The first-order valence-corrected chi connectivity index (χ1v) is 16.3. The monoisotopic (exact) mass is 672 g/mol. The Morgan fingerprint density at radius 2 is 1.91 bits per heavy atom. The summed E-state index contributed by atoms with van der Waals surface area (Å²) in [6, 6.07) is 7.40. The van der Waals surface area contributed by atoms with Crippen molar-refractivity contribution in [2.75, 3.05) is 6.54 Å². The maximum absolute atomic E-state index is 16.0. The van der Waals surface area contributed by atoms with Crippen molar-refractivity contribution in [2.24, 2.45) is 11.3 Å². The Bertz CT molecular complexity index is 1870. The molecule has 236 valence electrons. The van der Waals surface area contributed by atoms with Crippen LogP contribution in [0.5, 0.6) is 0 Å². The predicted octanol–water partition coefficient (Wildman–Crippen LogP) is 6.95. The van der Waals surface area contributed by atoms with Crippen molar-refractivity contribution >= 4 is 50.0 Å². The molecule has 0 saturated heterocycles. The number of aryl methyl sites for hydroxylation is 1. The number of fused-ring (bicyclic) bond motifs is 2. The molecule has 4 aromatic rings. The van der Waals surface area contributed by atoms with Crippen LogP contribution in [0.1, 0.15) is 60.7 Å². The number of thiophene rings is 1. The number of benzene rings is 2. The Labute approximate surface area is 260 Å². The number of carbonyl (C=O) groups is 1. The molecular weight excluding hydrogens is 644 g/mol. The van der Waals surface area contributed by atoms with E-state index >= 15 is 4.39 Å². The van der Waals surface area contributed by atoms with E-state index < -0.39 is 49.8 Å². The van der Waals surface area contributed by atoms with Crippen LogP contribution in [0.25, 0.3) is 11.0 Å². The smallest absolute Gasteiger partial charge is 0.416 e. The van der Waals surface area contributed by atoms with Crippen LogP contribution >= 0.6 is 22.9 Å². The van der Waals surface area contributed by atoms with Crippen LogP contribution in [0.4, 0.5) is 17.6 Å². The van der Waals surface area contributed by atoms with Crippen LogP contribution in [-0.4, -0.2) is 45.3 Å². The highest BCUT2D eigenvalue weighted by molar-refractivity contribution is 7.89. The van der Waals surface area contributed by atoms with E-state index in [2.05, 4.69) is 10.3 Å². The lowest BCUT2D eigenvalue weighted by Gasteiger charge is -2.30. The van der Waals surface area contributed by atoms with Gasteiger partial charge in [0.05, 0.1) is 25.7 Å². The van der Waals surface area contributed by atoms with E-state index in [0.29, 0.717) is 34.1 Å². The number of rotatable bonds is 7. The number of halogens is 5. The highest BCUT2D eigenvalue weighted by Gasteiger charge is 2.43. The number of carboxylic acids is 1. The zero-order valence-corrected chi connectivity index (χ0v) is 26.5. The number of alkyl halides is 3. The lowest BCUT2D eigenvalue weighted by molar-refractivity contribution is -0.147. The minimum Gasteiger partial charge on any atom is -0.481 e. The highest BCUT2D eigenvalue weighted by Crippen LogP contribution is 2.48. The molecule has 0 fully saturated rings. The predicted molar refractivity (Wildman–Crippen MR) is 158 cm³/mol. The molecule has 1 aliphatic heterocycles. The lowest BCUT2D eigenvalue weighted by atomic mass is 9.73.